The number of nitrogens with zero attached hydrogens (tertiary/aromatic N) is 1. The van der Waals surface area contributed by atoms with Crippen LogP contribution in [0.2, 0.25) is 0 Å². The molecule has 0 bridgehead atoms. The van der Waals surface area contributed by atoms with E-state index in [1.165, 1.54) is 10.9 Å². The summed E-state index contributed by atoms with van der Waals surface area (Å²) in [4.78, 5) is 11.6. The molecule has 14 heavy (non-hydrogen) atoms. The monoisotopic (exact) mass is 190 g/mol. The van der Waals surface area contributed by atoms with Gasteiger partial charge in [0.1, 0.15) is 0 Å². The zero-order valence-corrected chi connectivity index (χ0v) is 7.47. The van der Waals surface area contributed by atoms with Crippen LogP contribution >= 0.6 is 0 Å². The first-order chi connectivity index (χ1) is 6.83. The molecule has 4 nitrogen and oxygen atoms in total. The highest BCUT2D eigenvalue weighted by Crippen LogP contribution is 2.02. The van der Waals surface area contributed by atoms with E-state index in [1.807, 2.05) is 30.3 Å². The predicted octanol–water partition coefficient (Wildman–Crippen LogP) is 0.658. The molecule has 1 aromatic carbocycles. The third-order valence-electron chi connectivity index (χ3n) is 2.03. The lowest BCUT2D eigenvalue weighted by atomic mass is 10.3. The Morgan fingerprint density at radius 2 is 2.00 bits per heavy atom. The van der Waals surface area contributed by atoms with Crippen molar-refractivity contribution in [2.45, 2.75) is 6.61 Å². The minimum absolute atomic E-state index is 0.210. The average Bonchev–Trinajstić information content (AvgIpc) is 2.61. The van der Waals surface area contributed by atoms with Gasteiger partial charge in [0.2, 0.25) is 0 Å². The summed E-state index contributed by atoms with van der Waals surface area (Å²) >= 11 is 0. The zero-order chi connectivity index (χ0) is 9.97. The maximum atomic E-state index is 11.6. The number of nitrogens with one attached hydrogen (secondary N) is 1. The van der Waals surface area contributed by atoms with Crippen molar-refractivity contribution in [2.24, 2.45) is 0 Å². The van der Waals surface area contributed by atoms with Crippen LogP contribution in [0.1, 0.15) is 5.56 Å². The van der Waals surface area contributed by atoms with Crippen LogP contribution in [-0.4, -0.2) is 14.9 Å². The second-order valence-electron chi connectivity index (χ2n) is 2.93. The fourth-order valence-electron chi connectivity index (χ4n) is 1.29. The molecule has 0 spiro atoms. The molecule has 0 aliphatic heterocycles. The molecule has 2 rings (SSSR count). The Hall–Kier alpha value is -1.81. The van der Waals surface area contributed by atoms with Gasteiger partial charge in [-0.25, -0.2) is 4.68 Å². The second-order valence-corrected chi connectivity index (χ2v) is 2.93. The number of aromatic nitrogens is 2. The SMILES string of the molecule is O=c1c(CO)c[nH]n1-c1ccccc1. The molecule has 0 unspecified atom stereocenters. The van der Waals surface area contributed by atoms with Gasteiger partial charge in [-0.1, -0.05) is 18.2 Å². The van der Waals surface area contributed by atoms with Crippen LogP contribution < -0.4 is 5.56 Å². The molecule has 2 aromatic rings. The maximum Gasteiger partial charge on any atom is 0.276 e. The quantitative estimate of drug-likeness (QED) is 0.730. The fourth-order valence-corrected chi connectivity index (χ4v) is 1.29. The van der Waals surface area contributed by atoms with Crippen molar-refractivity contribution >= 4 is 0 Å². The van der Waals surface area contributed by atoms with E-state index in [9.17, 15) is 4.79 Å². The fraction of sp³-hybridized carbons (Fsp3) is 0.100. The van der Waals surface area contributed by atoms with Crippen molar-refractivity contribution in [1.82, 2.24) is 9.78 Å². The van der Waals surface area contributed by atoms with E-state index < -0.39 is 0 Å². The van der Waals surface area contributed by atoms with E-state index >= 15 is 0 Å². The molecule has 0 amide bonds. The van der Waals surface area contributed by atoms with E-state index in [0.717, 1.165) is 5.69 Å². The van der Waals surface area contributed by atoms with Crippen molar-refractivity contribution in [2.75, 3.05) is 0 Å². The Balaban J connectivity index is 2.53. The largest absolute Gasteiger partial charge is 0.391 e. The molecule has 0 fully saturated rings. The van der Waals surface area contributed by atoms with Crippen molar-refractivity contribution in [3.63, 3.8) is 0 Å². The maximum absolute atomic E-state index is 11.6. The summed E-state index contributed by atoms with van der Waals surface area (Å²) in [6, 6.07) is 9.21. The Labute approximate surface area is 80.4 Å². The van der Waals surface area contributed by atoms with Gasteiger partial charge in [-0.15, -0.1) is 0 Å². The topological polar surface area (TPSA) is 58.0 Å². The van der Waals surface area contributed by atoms with Gasteiger partial charge >= 0.3 is 0 Å². The average molecular weight is 190 g/mol. The van der Waals surface area contributed by atoms with Crippen molar-refractivity contribution in [3.8, 4) is 5.69 Å². The van der Waals surface area contributed by atoms with Crippen molar-refractivity contribution < 1.29 is 5.11 Å². The Morgan fingerprint density at radius 1 is 1.29 bits per heavy atom. The number of H-pyrrole nitrogens is 1. The number of hydrogen-bond donors (Lipinski definition) is 2. The van der Waals surface area contributed by atoms with Crippen LogP contribution in [0.3, 0.4) is 0 Å². The van der Waals surface area contributed by atoms with Gasteiger partial charge in [0.05, 0.1) is 17.9 Å². The van der Waals surface area contributed by atoms with Crippen LogP contribution in [0.5, 0.6) is 0 Å². The van der Waals surface area contributed by atoms with Crippen LogP contribution in [0.25, 0.3) is 5.69 Å². The highest BCUT2D eigenvalue weighted by molar-refractivity contribution is 5.30. The van der Waals surface area contributed by atoms with E-state index in [0.29, 0.717) is 5.56 Å². The number of para-hydroxylation sites is 1. The Morgan fingerprint density at radius 3 is 2.57 bits per heavy atom. The lowest BCUT2D eigenvalue weighted by Crippen LogP contribution is -2.17. The third kappa shape index (κ3) is 1.36. The van der Waals surface area contributed by atoms with Gasteiger partial charge in [0.15, 0.2) is 0 Å². The summed E-state index contributed by atoms with van der Waals surface area (Å²) in [5.74, 6) is 0. The first-order valence-electron chi connectivity index (χ1n) is 4.28. The van der Waals surface area contributed by atoms with Gasteiger partial charge in [-0.05, 0) is 12.1 Å². The van der Waals surface area contributed by atoms with Crippen LogP contribution in [-0.2, 0) is 6.61 Å². The lowest BCUT2D eigenvalue weighted by Gasteiger charge is -1.98. The zero-order valence-electron chi connectivity index (χ0n) is 7.47. The molecule has 0 aliphatic carbocycles. The Kier molecular flexibility index (Phi) is 2.20. The molecule has 72 valence electrons. The third-order valence-corrected chi connectivity index (χ3v) is 2.03. The van der Waals surface area contributed by atoms with Gasteiger partial charge in [0, 0.05) is 6.20 Å². The molecule has 0 atom stereocenters. The minimum Gasteiger partial charge on any atom is -0.391 e. The first-order valence-corrected chi connectivity index (χ1v) is 4.28. The molecular weight excluding hydrogens is 180 g/mol. The van der Waals surface area contributed by atoms with Gasteiger partial charge < -0.3 is 5.11 Å². The van der Waals surface area contributed by atoms with Crippen LogP contribution in [0.4, 0.5) is 0 Å². The highest BCUT2D eigenvalue weighted by atomic mass is 16.3. The number of rotatable bonds is 2. The second kappa shape index (κ2) is 3.51. The standard InChI is InChI=1S/C10H10N2O2/c13-7-8-6-11-12(10(8)14)9-4-2-1-3-5-9/h1-6,11,13H,7H2. The summed E-state index contributed by atoms with van der Waals surface area (Å²) in [5, 5.41) is 11.6. The number of benzene rings is 1. The number of hydrogen-bond acceptors (Lipinski definition) is 2. The summed E-state index contributed by atoms with van der Waals surface area (Å²) < 4.78 is 1.39. The molecule has 1 aromatic heterocycles. The van der Waals surface area contributed by atoms with Gasteiger partial charge in [-0.3, -0.25) is 9.89 Å². The van der Waals surface area contributed by atoms with E-state index in [4.69, 9.17) is 5.11 Å². The predicted molar refractivity (Wildman–Crippen MR) is 52.3 cm³/mol. The minimum atomic E-state index is -0.241. The summed E-state index contributed by atoms with van der Waals surface area (Å²) in [5.41, 5.74) is 0.921. The number of aromatic amines is 1. The van der Waals surface area contributed by atoms with Gasteiger partial charge in [-0.2, -0.15) is 0 Å². The normalized spacial score (nSPS) is 10.4. The highest BCUT2D eigenvalue weighted by Gasteiger charge is 2.05. The molecular formula is C10H10N2O2. The molecule has 2 N–H and O–H groups in total. The summed E-state index contributed by atoms with van der Waals surface area (Å²) in [6.45, 7) is -0.241. The van der Waals surface area contributed by atoms with E-state index in [-0.39, 0.29) is 12.2 Å². The van der Waals surface area contributed by atoms with E-state index in [2.05, 4.69) is 5.10 Å². The summed E-state index contributed by atoms with van der Waals surface area (Å²) in [7, 11) is 0. The Bertz CT molecular complexity index is 470. The van der Waals surface area contributed by atoms with Crippen molar-refractivity contribution in [1.29, 1.82) is 0 Å². The number of aliphatic hydroxyl groups is 1. The lowest BCUT2D eigenvalue weighted by molar-refractivity contribution is 0.280. The molecule has 1 heterocycles. The molecule has 4 heteroatoms. The summed E-state index contributed by atoms with van der Waals surface area (Å²) in [6.07, 6.45) is 1.51. The number of aliphatic hydroxyl groups excluding tert-OH is 1. The smallest absolute Gasteiger partial charge is 0.276 e. The first kappa shape index (κ1) is 8.77. The molecule has 0 radical (unpaired) electrons. The molecule has 0 saturated heterocycles. The van der Waals surface area contributed by atoms with E-state index in [1.54, 1.807) is 0 Å². The van der Waals surface area contributed by atoms with Crippen LogP contribution in [0, 0.1) is 0 Å². The molecule has 0 aliphatic rings. The van der Waals surface area contributed by atoms with Gasteiger partial charge in [0.25, 0.3) is 5.56 Å². The van der Waals surface area contributed by atoms with Crippen molar-refractivity contribution in [3.05, 3.63) is 52.4 Å². The van der Waals surface area contributed by atoms with Crippen LogP contribution in [0.15, 0.2) is 41.3 Å². The molecule has 0 saturated carbocycles.